The Morgan fingerprint density at radius 2 is 1.95 bits per heavy atom. The van der Waals surface area contributed by atoms with Gasteiger partial charge in [0.15, 0.2) is 0 Å². The number of hydrogen-bond donors (Lipinski definition) is 2. The third kappa shape index (κ3) is 3.79. The van der Waals surface area contributed by atoms with Crippen molar-refractivity contribution in [3.8, 4) is 0 Å². The standard InChI is InChI=1S/C17H20N2OS/c1-4-18-13-9-10-14(12(2)11-13)17(20)19-15-7-5-6-8-16(15)21-3/h5-11,18H,4H2,1-3H3,(H,19,20). The second-order valence-electron chi connectivity index (χ2n) is 4.71. The molecule has 110 valence electrons. The predicted molar refractivity (Wildman–Crippen MR) is 91.5 cm³/mol. The molecule has 0 aliphatic carbocycles. The highest BCUT2D eigenvalue weighted by atomic mass is 32.2. The molecule has 0 aromatic heterocycles. The maximum atomic E-state index is 12.4. The average molecular weight is 300 g/mol. The number of carbonyl (C=O) groups excluding carboxylic acids is 1. The Labute approximate surface area is 130 Å². The summed E-state index contributed by atoms with van der Waals surface area (Å²) >= 11 is 1.62. The lowest BCUT2D eigenvalue weighted by Gasteiger charge is -2.12. The Balaban J connectivity index is 2.20. The number of thioether (sulfide) groups is 1. The Morgan fingerprint density at radius 3 is 2.62 bits per heavy atom. The lowest BCUT2D eigenvalue weighted by Crippen LogP contribution is -2.14. The molecule has 2 aromatic carbocycles. The molecule has 0 heterocycles. The number of anilines is 2. The van der Waals surface area contributed by atoms with Crippen molar-refractivity contribution < 1.29 is 4.79 Å². The van der Waals surface area contributed by atoms with Crippen LogP contribution in [-0.4, -0.2) is 18.7 Å². The fraction of sp³-hybridized carbons (Fsp3) is 0.235. The van der Waals surface area contributed by atoms with Gasteiger partial charge in [-0.05, 0) is 56.0 Å². The highest BCUT2D eigenvalue weighted by Crippen LogP contribution is 2.25. The van der Waals surface area contributed by atoms with Crippen LogP contribution < -0.4 is 10.6 Å². The van der Waals surface area contributed by atoms with Crippen molar-refractivity contribution in [2.24, 2.45) is 0 Å². The summed E-state index contributed by atoms with van der Waals surface area (Å²) in [5.74, 6) is -0.0722. The molecule has 2 N–H and O–H groups in total. The predicted octanol–water partition coefficient (Wildman–Crippen LogP) is 4.40. The van der Waals surface area contributed by atoms with Crippen LogP contribution in [-0.2, 0) is 0 Å². The summed E-state index contributed by atoms with van der Waals surface area (Å²) in [6.07, 6.45) is 2.00. The van der Waals surface area contributed by atoms with E-state index in [0.717, 1.165) is 28.4 Å². The van der Waals surface area contributed by atoms with Crippen molar-refractivity contribution >= 4 is 29.0 Å². The average Bonchev–Trinajstić information content (AvgIpc) is 2.48. The van der Waals surface area contributed by atoms with Crippen LogP contribution in [0.4, 0.5) is 11.4 Å². The molecule has 2 aromatic rings. The number of hydrogen-bond acceptors (Lipinski definition) is 3. The van der Waals surface area contributed by atoms with E-state index >= 15 is 0 Å². The summed E-state index contributed by atoms with van der Waals surface area (Å²) in [6.45, 7) is 4.87. The molecule has 0 fully saturated rings. The Morgan fingerprint density at radius 1 is 1.19 bits per heavy atom. The molecule has 0 atom stereocenters. The maximum absolute atomic E-state index is 12.4. The summed E-state index contributed by atoms with van der Waals surface area (Å²) in [4.78, 5) is 13.5. The second kappa shape index (κ2) is 7.18. The number of aryl methyl sites for hydroxylation is 1. The molecular weight excluding hydrogens is 280 g/mol. The zero-order chi connectivity index (χ0) is 15.2. The van der Waals surface area contributed by atoms with Crippen LogP contribution in [0.25, 0.3) is 0 Å². The highest BCUT2D eigenvalue weighted by molar-refractivity contribution is 7.98. The molecule has 0 spiro atoms. The van der Waals surface area contributed by atoms with Crippen molar-refractivity contribution in [1.82, 2.24) is 0 Å². The van der Waals surface area contributed by atoms with Crippen molar-refractivity contribution in [2.45, 2.75) is 18.7 Å². The number of nitrogens with one attached hydrogen (secondary N) is 2. The fourth-order valence-electron chi connectivity index (χ4n) is 2.17. The van der Waals surface area contributed by atoms with Crippen LogP contribution in [0.2, 0.25) is 0 Å². The van der Waals surface area contributed by atoms with Gasteiger partial charge in [0.25, 0.3) is 5.91 Å². The minimum Gasteiger partial charge on any atom is -0.385 e. The quantitative estimate of drug-likeness (QED) is 0.804. The summed E-state index contributed by atoms with van der Waals surface area (Å²) in [6, 6.07) is 13.6. The lowest BCUT2D eigenvalue weighted by molar-refractivity contribution is 0.102. The minimum atomic E-state index is -0.0722. The molecule has 4 heteroatoms. The van der Waals surface area contributed by atoms with Gasteiger partial charge in [-0.3, -0.25) is 4.79 Å². The number of amides is 1. The Kier molecular flexibility index (Phi) is 5.28. The summed E-state index contributed by atoms with van der Waals surface area (Å²) in [5.41, 5.74) is 3.56. The molecule has 21 heavy (non-hydrogen) atoms. The van der Waals surface area contributed by atoms with E-state index in [1.54, 1.807) is 11.8 Å². The third-order valence-electron chi connectivity index (χ3n) is 3.21. The Hall–Kier alpha value is -1.94. The van der Waals surface area contributed by atoms with E-state index in [4.69, 9.17) is 0 Å². The molecule has 0 saturated carbocycles. The summed E-state index contributed by atoms with van der Waals surface area (Å²) < 4.78 is 0. The van der Waals surface area contributed by atoms with Gasteiger partial charge in [-0.15, -0.1) is 11.8 Å². The normalized spacial score (nSPS) is 10.2. The molecule has 3 nitrogen and oxygen atoms in total. The molecular formula is C17H20N2OS. The van der Waals surface area contributed by atoms with Gasteiger partial charge >= 0.3 is 0 Å². The van der Waals surface area contributed by atoms with Crippen LogP contribution in [0.3, 0.4) is 0 Å². The van der Waals surface area contributed by atoms with Gasteiger partial charge in [-0.1, -0.05) is 12.1 Å². The smallest absolute Gasteiger partial charge is 0.255 e. The van der Waals surface area contributed by atoms with Gasteiger partial charge in [-0.25, -0.2) is 0 Å². The van der Waals surface area contributed by atoms with Crippen molar-refractivity contribution in [3.05, 3.63) is 53.6 Å². The van der Waals surface area contributed by atoms with Crippen LogP contribution in [0.5, 0.6) is 0 Å². The van der Waals surface area contributed by atoms with Gasteiger partial charge < -0.3 is 10.6 Å². The zero-order valence-electron chi connectivity index (χ0n) is 12.6. The van der Waals surface area contributed by atoms with Crippen LogP contribution in [0.1, 0.15) is 22.8 Å². The molecule has 0 saturated heterocycles. The highest BCUT2D eigenvalue weighted by Gasteiger charge is 2.11. The van der Waals surface area contributed by atoms with Crippen molar-refractivity contribution in [2.75, 3.05) is 23.4 Å². The first kappa shape index (κ1) is 15.4. The lowest BCUT2D eigenvalue weighted by atomic mass is 10.1. The molecule has 2 rings (SSSR count). The first-order valence-electron chi connectivity index (χ1n) is 6.94. The number of carbonyl (C=O) groups is 1. The fourth-order valence-corrected chi connectivity index (χ4v) is 2.72. The molecule has 0 radical (unpaired) electrons. The van der Waals surface area contributed by atoms with E-state index in [-0.39, 0.29) is 5.91 Å². The maximum Gasteiger partial charge on any atom is 0.255 e. The first-order valence-corrected chi connectivity index (χ1v) is 8.17. The minimum absolute atomic E-state index is 0.0722. The third-order valence-corrected chi connectivity index (χ3v) is 4.00. The molecule has 0 unspecified atom stereocenters. The van der Waals surface area contributed by atoms with Crippen LogP contribution in [0, 0.1) is 6.92 Å². The van der Waals surface area contributed by atoms with Crippen LogP contribution in [0.15, 0.2) is 47.4 Å². The van der Waals surface area contributed by atoms with Gasteiger partial charge in [-0.2, -0.15) is 0 Å². The van der Waals surface area contributed by atoms with Crippen molar-refractivity contribution in [3.63, 3.8) is 0 Å². The van der Waals surface area contributed by atoms with Gasteiger partial charge in [0.2, 0.25) is 0 Å². The van der Waals surface area contributed by atoms with Crippen LogP contribution >= 0.6 is 11.8 Å². The number of rotatable bonds is 5. The monoisotopic (exact) mass is 300 g/mol. The largest absolute Gasteiger partial charge is 0.385 e. The zero-order valence-corrected chi connectivity index (χ0v) is 13.4. The summed E-state index contributed by atoms with van der Waals surface area (Å²) in [5, 5.41) is 6.24. The van der Waals surface area contributed by atoms with Gasteiger partial charge in [0.1, 0.15) is 0 Å². The molecule has 0 aliphatic rings. The van der Waals surface area contributed by atoms with E-state index in [1.807, 2.05) is 55.6 Å². The SMILES string of the molecule is CCNc1ccc(C(=O)Nc2ccccc2SC)c(C)c1. The molecule has 0 bridgehead atoms. The first-order chi connectivity index (χ1) is 10.2. The topological polar surface area (TPSA) is 41.1 Å². The molecule has 1 amide bonds. The number of benzene rings is 2. The van der Waals surface area contributed by atoms with Crippen molar-refractivity contribution in [1.29, 1.82) is 0 Å². The van der Waals surface area contributed by atoms with E-state index in [0.29, 0.717) is 5.56 Å². The van der Waals surface area contributed by atoms with E-state index in [2.05, 4.69) is 17.6 Å². The second-order valence-corrected chi connectivity index (χ2v) is 5.56. The van der Waals surface area contributed by atoms with E-state index in [1.165, 1.54) is 0 Å². The Bertz CT molecular complexity index is 640. The van der Waals surface area contributed by atoms with Gasteiger partial charge in [0, 0.05) is 22.7 Å². The summed E-state index contributed by atoms with van der Waals surface area (Å²) in [7, 11) is 0. The van der Waals surface area contributed by atoms with Gasteiger partial charge in [0.05, 0.1) is 5.69 Å². The molecule has 0 aliphatic heterocycles. The van der Waals surface area contributed by atoms with E-state index < -0.39 is 0 Å². The van der Waals surface area contributed by atoms with E-state index in [9.17, 15) is 4.79 Å². The number of para-hydroxylation sites is 1.